The van der Waals surface area contributed by atoms with Crippen LogP contribution in [0, 0.1) is 5.92 Å². The average molecular weight is 210 g/mol. The number of hydrogen-bond acceptors (Lipinski definition) is 2. The Hall–Kier alpha value is -0.0800. The van der Waals surface area contributed by atoms with E-state index in [0.29, 0.717) is 0 Å². The molecule has 2 heteroatoms. The molecule has 1 aliphatic heterocycles. The average Bonchev–Trinajstić information content (AvgIpc) is 2.28. The number of piperidine rings is 1. The van der Waals surface area contributed by atoms with E-state index < -0.39 is 0 Å². The highest BCUT2D eigenvalue weighted by Crippen LogP contribution is 2.38. The lowest BCUT2D eigenvalue weighted by Gasteiger charge is -2.51. The highest BCUT2D eigenvalue weighted by atomic mass is 15.2. The predicted octanol–water partition coefficient (Wildman–Crippen LogP) is 2.38. The fourth-order valence-electron chi connectivity index (χ4n) is 3.49. The summed E-state index contributed by atoms with van der Waals surface area (Å²) in [6.45, 7) is 6.68. The van der Waals surface area contributed by atoms with Gasteiger partial charge in [-0.25, -0.2) is 0 Å². The molecule has 0 unspecified atom stereocenters. The second-order valence-electron chi connectivity index (χ2n) is 5.96. The molecule has 0 aromatic carbocycles. The van der Waals surface area contributed by atoms with Crippen molar-refractivity contribution in [2.24, 2.45) is 11.7 Å². The minimum atomic E-state index is 0.209. The van der Waals surface area contributed by atoms with Gasteiger partial charge >= 0.3 is 0 Å². The molecule has 2 atom stereocenters. The summed E-state index contributed by atoms with van der Waals surface area (Å²) in [5.41, 5.74) is 6.13. The third-order valence-electron chi connectivity index (χ3n) is 4.52. The lowest BCUT2D eigenvalue weighted by Crippen LogP contribution is -2.59. The van der Waals surface area contributed by atoms with Gasteiger partial charge in [0.2, 0.25) is 0 Å². The molecule has 15 heavy (non-hydrogen) atoms. The molecule has 0 spiro atoms. The van der Waals surface area contributed by atoms with Crippen LogP contribution in [0.4, 0.5) is 0 Å². The molecule has 1 saturated carbocycles. The van der Waals surface area contributed by atoms with Crippen LogP contribution in [-0.4, -0.2) is 29.6 Å². The van der Waals surface area contributed by atoms with Gasteiger partial charge in [0, 0.05) is 18.1 Å². The number of fused-ring (bicyclic) bond motifs is 1. The maximum absolute atomic E-state index is 5.92. The molecule has 1 saturated heterocycles. The summed E-state index contributed by atoms with van der Waals surface area (Å²) < 4.78 is 0. The van der Waals surface area contributed by atoms with Crippen LogP contribution < -0.4 is 5.73 Å². The Morgan fingerprint density at radius 1 is 1.13 bits per heavy atom. The molecule has 2 N–H and O–H groups in total. The first-order valence-electron chi connectivity index (χ1n) is 6.62. The largest absolute Gasteiger partial charge is 0.329 e. The van der Waals surface area contributed by atoms with Crippen molar-refractivity contribution in [3.63, 3.8) is 0 Å². The summed E-state index contributed by atoms with van der Waals surface area (Å²) >= 11 is 0. The molecular formula is C13H26N2. The van der Waals surface area contributed by atoms with Crippen molar-refractivity contribution in [1.82, 2.24) is 4.90 Å². The van der Waals surface area contributed by atoms with E-state index in [4.69, 9.17) is 5.73 Å². The van der Waals surface area contributed by atoms with E-state index >= 15 is 0 Å². The van der Waals surface area contributed by atoms with Gasteiger partial charge in [-0.3, -0.25) is 4.90 Å². The maximum atomic E-state index is 5.92. The van der Waals surface area contributed by atoms with E-state index in [9.17, 15) is 0 Å². The Bertz CT molecular complexity index is 211. The van der Waals surface area contributed by atoms with E-state index in [2.05, 4.69) is 18.7 Å². The molecule has 2 rings (SSSR count). The third-order valence-corrected chi connectivity index (χ3v) is 4.52. The normalized spacial score (nSPS) is 33.8. The van der Waals surface area contributed by atoms with Crippen molar-refractivity contribution in [2.45, 2.75) is 64.0 Å². The van der Waals surface area contributed by atoms with Crippen LogP contribution in [-0.2, 0) is 0 Å². The number of nitrogens with zero attached hydrogens (tertiary/aromatic N) is 1. The molecule has 2 fully saturated rings. The zero-order valence-electron chi connectivity index (χ0n) is 10.3. The van der Waals surface area contributed by atoms with Crippen LogP contribution in [0.1, 0.15) is 52.4 Å². The monoisotopic (exact) mass is 210 g/mol. The summed E-state index contributed by atoms with van der Waals surface area (Å²) in [7, 11) is 0. The van der Waals surface area contributed by atoms with E-state index in [1.54, 1.807) is 0 Å². The van der Waals surface area contributed by atoms with Crippen LogP contribution >= 0.6 is 0 Å². The quantitative estimate of drug-likeness (QED) is 0.758. The summed E-state index contributed by atoms with van der Waals surface area (Å²) in [5.74, 6) is 0.971. The number of likely N-dealkylation sites (tertiary alicyclic amines) is 1. The number of hydrogen-bond donors (Lipinski definition) is 1. The Morgan fingerprint density at radius 3 is 2.53 bits per heavy atom. The van der Waals surface area contributed by atoms with Gasteiger partial charge in [0.1, 0.15) is 0 Å². The number of rotatable bonds is 2. The van der Waals surface area contributed by atoms with Crippen LogP contribution in [0.2, 0.25) is 0 Å². The lowest BCUT2D eigenvalue weighted by atomic mass is 9.76. The highest BCUT2D eigenvalue weighted by molar-refractivity contribution is 4.94. The summed E-state index contributed by atoms with van der Waals surface area (Å²) in [4.78, 5) is 2.71. The zero-order valence-corrected chi connectivity index (χ0v) is 10.3. The molecule has 1 aliphatic carbocycles. The molecule has 1 heterocycles. The van der Waals surface area contributed by atoms with Gasteiger partial charge in [-0.15, -0.1) is 0 Å². The molecule has 0 amide bonds. The zero-order chi connectivity index (χ0) is 10.9. The fourth-order valence-corrected chi connectivity index (χ4v) is 3.49. The Balaban J connectivity index is 2.09. The summed E-state index contributed by atoms with van der Waals surface area (Å²) in [6.07, 6.45) is 8.60. The lowest BCUT2D eigenvalue weighted by molar-refractivity contribution is -0.00881. The Morgan fingerprint density at radius 2 is 1.80 bits per heavy atom. The first kappa shape index (κ1) is 11.4. The smallest absolute Gasteiger partial charge is 0.0278 e. The van der Waals surface area contributed by atoms with Gasteiger partial charge in [0.25, 0.3) is 0 Å². The standard InChI is InChI=1S/C13H26N2/c1-13(2,10-14)15-9-5-7-11-6-3-4-8-12(11)15/h11-12H,3-10,14H2,1-2H3/t11-,12-/m1/s1. The van der Waals surface area contributed by atoms with Gasteiger partial charge in [0.15, 0.2) is 0 Å². The van der Waals surface area contributed by atoms with Crippen LogP contribution in [0.15, 0.2) is 0 Å². The SMILES string of the molecule is CC(C)(CN)N1CCC[C@H]2CCCC[C@H]21. The molecule has 0 aromatic rings. The topological polar surface area (TPSA) is 29.3 Å². The Kier molecular flexibility index (Phi) is 3.36. The van der Waals surface area contributed by atoms with Crippen LogP contribution in [0.5, 0.6) is 0 Å². The van der Waals surface area contributed by atoms with Gasteiger partial charge < -0.3 is 5.73 Å². The van der Waals surface area contributed by atoms with E-state index in [1.807, 2.05) is 0 Å². The van der Waals surface area contributed by atoms with Gasteiger partial charge in [0.05, 0.1) is 0 Å². The van der Waals surface area contributed by atoms with Crippen molar-refractivity contribution in [1.29, 1.82) is 0 Å². The summed E-state index contributed by atoms with van der Waals surface area (Å²) in [6, 6.07) is 0.839. The van der Waals surface area contributed by atoms with Crippen molar-refractivity contribution in [2.75, 3.05) is 13.1 Å². The van der Waals surface area contributed by atoms with Gasteiger partial charge in [-0.2, -0.15) is 0 Å². The second-order valence-corrected chi connectivity index (χ2v) is 5.96. The molecule has 2 aliphatic rings. The van der Waals surface area contributed by atoms with E-state index in [-0.39, 0.29) is 5.54 Å². The van der Waals surface area contributed by atoms with Crippen molar-refractivity contribution in [3.8, 4) is 0 Å². The van der Waals surface area contributed by atoms with Gasteiger partial charge in [-0.05, 0) is 52.0 Å². The first-order chi connectivity index (χ1) is 7.15. The number of nitrogens with two attached hydrogens (primary N) is 1. The molecule has 0 radical (unpaired) electrons. The minimum absolute atomic E-state index is 0.209. The highest BCUT2D eigenvalue weighted by Gasteiger charge is 2.39. The van der Waals surface area contributed by atoms with E-state index in [0.717, 1.165) is 18.5 Å². The first-order valence-corrected chi connectivity index (χ1v) is 6.62. The van der Waals surface area contributed by atoms with Crippen LogP contribution in [0.3, 0.4) is 0 Å². The predicted molar refractivity (Wildman–Crippen MR) is 64.8 cm³/mol. The van der Waals surface area contributed by atoms with Crippen molar-refractivity contribution in [3.05, 3.63) is 0 Å². The summed E-state index contributed by atoms with van der Waals surface area (Å²) in [5, 5.41) is 0. The molecule has 88 valence electrons. The van der Waals surface area contributed by atoms with Gasteiger partial charge in [-0.1, -0.05) is 12.8 Å². The molecular weight excluding hydrogens is 184 g/mol. The molecule has 0 bridgehead atoms. The second kappa shape index (κ2) is 4.42. The van der Waals surface area contributed by atoms with E-state index in [1.165, 1.54) is 45.1 Å². The molecule has 2 nitrogen and oxygen atoms in total. The fraction of sp³-hybridized carbons (Fsp3) is 1.00. The third kappa shape index (κ3) is 2.21. The Labute approximate surface area is 94.2 Å². The molecule has 0 aromatic heterocycles. The minimum Gasteiger partial charge on any atom is -0.329 e. The van der Waals surface area contributed by atoms with Crippen molar-refractivity contribution < 1.29 is 0 Å². The van der Waals surface area contributed by atoms with Crippen molar-refractivity contribution >= 4 is 0 Å². The van der Waals surface area contributed by atoms with Crippen LogP contribution in [0.25, 0.3) is 0 Å². The maximum Gasteiger partial charge on any atom is 0.0278 e.